The van der Waals surface area contributed by atoms with Gasteiger partial charge in [0.25, 0.3) is 0 Å². The first-order valence-electron chi connectivity index (χ1n) is 13.3. The molecule has 2 heterocycles. The summed E-state index contributed by atoms with van der Waals surface area (Å²) in [7, 11) is 2.25. The maximum atomic E-state index is 6.49. The van der Waals surface area contributed by atoms with Gasteiger partial charge in [0.1, 0.15) is 0 Å². The van der Waals surface area contributed by atoms with Crippen molar-refractivity contribution in [2.75, 3.05) is 26.8 Å². The van der Waals surface area contributed by atoms with Crippen molar-refractivity contribution < 1.29 is 9.47 Å². The van der Waals surface area contributed by atoms with Gasteiger partial charge >= 0.3 is 0 Å². The van der Waals surface area contributed by atoms with Gasteiger partial charge in [-0.05, 0) is 81.8 Å². The first-order chi connectivity index (χ1) is 16.1. The van der Waals surface area contributed by atoms with Crippen molar-refractivity contribution in [2.45, 2.75) is 88.5 Å². The van der Waals surface area contributed by atoms with Crippen LogP contribution in [0.3, 0.4) is 0 Å². The molecule has 1 unspecified atom stereocenters. The molecule has 1 saturated carbocycles. The fourth-order valence-electron chi connectivity index (χ4n) is 7.26. The summed E-state index contributed by atoms with van der Waals surface area (Å²) in [6.07, 6.45) is 20.3. The fourth-order valence-corrected chi connectivity index (χ4v) is 7.26. The van der Waals surface area contributed by atoms with E-state index in [-0.39, 0.29) is 17.1 Å². The second-order valence-electron chi connectivity index (χ2n) is 10.8. The van der Waals surface area contributed by atoms with Crippen LogP contribution in [0.4, 0.5) is 0 Å². The Morgan fingerprint density at radius 2 is 1.91 bits per heavy atom. The molecule has 4 nitrogen and oxygen atoms in total. The van der Waals surface area contributed by atoms with Crippen LogP contribution < -0.4 is 5.32 Å². The van der Waals surface area contributed by atoms with E-state index in [4.69, 9.17) is 9.47 Å². The minimum absolute atomic E-state index is 0.121. The average molecular weight is 451 g/mol. The maximum Gasteiger partial charge on any atom is 0.0828 e. The molecule has 180 valence electrons. The second-order valence-corrected chi connectivity index (χ2v) is 10.8. The molecule has 2 fully saturated rings. The van der Waals surface area contributed by atoms with E-state index >= 15 is 0 Å². The zero-order valence-corrected chi connectivity index (χ0v) is 20.6. The van der Waals surface area contributed by atoms with E-state index in [0.29, 0.717) is 12.1 Å². The van der Waals surface area contributed by atoms with Crippen LogP contribution in [0.5, 0.6) is 0 Å². The molecule has 1 spiro atoms. The highest BCUT2D eigenvalue weighted by atomic mass is 16.5. The van der Waals surface area contributed by atoms with Crippen LogP contribution in [0.15, 0.2) is 48.7 Å². The number of allylic oxidation sites excluding steroid dienone is 2. The molecule has 1 N–H and O–H groups in total. The predicted molar refractivity (Wildman–Crippen MR) is 134 cm³/mol. The molecule has 1 aromatic carbocycles. The number of benzene rings is 1. The van der Waals surface area contributed by atoms with Crippen molar-refractivity contribution >= 4 is 0 Å². The van der Waals surface area contributed by atoms with Gasteiger partial charge in [-0.1, -0.05) is 49.3 Å². The molecular weight excluding hydrogens is 408 g/mol. The minimum atomic E-state index is 0.121. The van der Waals surface area contributed by atoms with Crippen molar-refractivity contribution in [2.24, 2.45) is 5.41 Å². The van der Waals surface area contributed by atoms with Gasteiger partial charge in [-0.15, -0.1) is 0 Å². The Morgan fingerprint density at radius 3 is 2.70 bits per heavy atom. The largest absolute Gasteiger partial charge is 0.375 e. The second kappa shape index (κ2) is 9.93. The Bertz CT molecular complexity index is 859. The van der Waals surface area contributed by atoms with Crippen molar-refractivity contribution in [3.63, 3.8) is 0 Å². The molecule has 1 saturated heterocycles. The number of rotatable bonds is 7. The van der Waals surface area contributed by atoms with E-state index in [0.717, 1.165) is 39.0 Å². The van der Waals surface area contributed by atoms with Crippen LogP contribution in [0.25, 0.3) is 0 Å². The highest BCUT2D eigenvalue weighted by molar-refractivity contribution is 5.34. The van der Waals surface area contributed by atoms with Gasteiger partial charge in [-0.2, -0.15) is 0 Å². The van der Waals surface area contributed by atoms with Crippen LogP contribution in [0.1, 0.15) is 88.0 Å². The minimum Gasteiger partial charge on any atom is -0.375 e. The molecule has 4 atom stereocenters. The van der Waals surface area contributed by atoms with E-state index in [2.05, 4.69) is 72.9 Å². The highest BCUT2D eigenvalue weighted by Gasteiger charge is 2.50. The van der Waals surface area contributed by atoms with Crippen molar-refractivity contribution in [3.05, 3.63) is 59.8 Å². The number of nitrogens with one attached hydrogen (secondary N) is 1. The number of ether oxygens (including phenoxy) is 2. The number of hydrogen-bond acceptors (Lipinski definition) is 4. The summed E-state index contributed by atoms with van der Waals surface area (Å²) >= 11 is 0. The number of hydrogen-bond donors (Lipinski definition) is 1. The Balaban J connectivity index is 1.32. The van der Waals surface area contributed by atoms with Crippen LogP contribution in [-0.2, 0) is 9.47 Å². The van der Waals surface area contributed by atoms with Gasteiger partial charge in [0, 0.05) is 31.7 Å². The van der Waals surface area contributed by atoms with Gasteiger partial charge in [-0.25, -0.2) is 0 Å². The molecule has 2 aliphatic carbocycles. The van der Waals surface area contributed by atoms with Crippen molar-refractivity contribution in [3.8, 4) is 0 Å². The summed E-state index contributed by atoms with van der Waals surface area (Å²) in [6.45, 7) is 4.84. The summed E-state index contributed by atoms with van der Waals surface area (Å²) in [5, 5.41) is 3.99. The van der Waals surface area contributed by atoms with Crippen LogP contribution in [0.2, 0.25) is 0 Å². The maximum absolute atomic E-state index is 6.49. The smallest absolute Gasteiger partial charge is 0.0828 e. The van der Waals surface area contributed by atoms with E-state index in [1.165, 1.54) is 49.7 Å². The number of likely N-dealkylation sites (N-methyl/N-ethyl adjacent to an activating group) is 1. The van der Waals surface area contributed by atoms with E-state index in [1.54, 1.807) is 0 Å². The Labute approximate surface area is 200 Å². The monoisotopic (exact) mass is 450 g/mol. The van der Waals surface area contributed by atoms with Gasteiger partial charge < -0.3 is 19.7 Å². The SMILES string of the molecule is CCO[C@H]1CC[C@H](NCC[C@@]2(C3C=CC=CN3C)CCOC3(CCCC3)C2)c2ccccc21. The molecule has 0 radical (unpaired) electrons. The lowest BCUT2D eigenvalue weighted by molar-refractivity contribution is -0.136. The Kier molecular flexibility index (Phi) is 6.96. The zero-order valence-electron chi connectivity index (χ0n) is 20.6. The summed E-state index contributed by atoms with van der Waals surface area (Å²) < 4.78 is 12.5. The van der Waals surface area contributed by atoms with E-state index < -0.39 is 0 Å². The first-order valence-corrected chi connectivity index (χ1v) is 13.3. The molecule has 4 aliphatic rings. The lowest BCUT2D eigenvalue weighted by Gasteiger charge is -2.52. The molecule has 33 heavy (non-hydrogen) atoms. The average Bonchev–Trinajstić information content (AvgIpc) is 3.28. The summed E-state index contributed by atoms with van der Waals surface area (Å²) in [5.74, 6) is 0. The molecular formula is C29H42N2O2. The normalized spacial score (nSPS) is 32.9. The van der Waals surface area contributed by atoms with Gasteiger partial charge in [0.2, 0.25) is 0 Å². The first kappa shape index (κ1) is 23.1. The number of nitrogens with zero attached hydrogens (tertiary/aromatic N) is 1. The molecule has 0 bridgehead atoms. The summed E-state index contributed by atoms with van der Waals surface area (Å²) in [5.41, 5.74) is 3.20. The van der Waals surface area contributed by atoms with Gasteiger partial charge in [0.15, 0.2) is 0 Å². The third-order valence-electron chi connectivity index (χ3n) is 8.81. The summed E-state index contributed by atoms with van der Waals surface area (Å²) in [6, 6.07) is 9.78. The predicted octanol–water partition coefficient (Wildman–Crippen LogP) is 6.07. The molecule has 5 rings (SSSR count). The lowest BCUT2D eigenvalue weighted by atomic mass is 9.65. The molecule has 0 amide bonds. The van der Waals surface area contributed by atoms with E-state index in [1.807, 2.05) is 0 Å². The quantitative estimate of drug-likeness (QED) is 0.546. The molecule has 1 aromatic rings. The molecule has 2 aliphatic heterocycles. The zero-order chi connectivity index (χ0) is 22.7. The van der Waals surface area contributed by atoms with Crippen LogP contribution in [0, 0.1) is 5.41 Å². The molecule has 0 aromatic heterocycles. The fraction of sp³-hybridized carbons (Fsp3) is 0.655. The van der Waals surface area contributed by atoms with Crippen molar-refractivity contribution in [1.82, 2.24) is 10.2 Å². The van der Waals surface area contributed by atoms with E-state index in [9.17, 15) is 0 Å². The number of fused-ring (bicyclic) bond motifs is 1. The Hall–Kier alpha value is -1.62. The van der Waals surface area contributed by atoms with Crippen LogP contribution >= 0.6 is 0 Å². The Morgan fingerprint density at radius 1 is 1.09 bits per heavy atom. The van der Waals surface area contributed by atoms with Crippen LogP contribution in [-0.4, -0.2) is 43.3 Å². The highest BCUT2D eigenvalue weighted by Crippen LogP contribution is 2.52. The lowest BCUT2D eigenvalue weighted by Crippen LogP contribution is -2.53. The third-order valence-corrected chi connectivity index (χ3v) is 8.81. The standard InChI is InChI=1S/C29H42N2O2/c1-3-32-26-14-13-25(23-10-4-5-11-24(23)26)30-19-17-28(27-12-6-9-20-31(27)2)18-21-33-29(22-28)15-7-8-16-29/h4-6,9-12,20,25-27,30H,3,7-8,13-19,21-22H2,1-2H3/t25-,26-,27?,28+/m0/s1. The topological polar surface area (TPSA) is 33.7 Å². The van der Waals surface area contributed by atoms with Crippen molar-refractivity contribution in [1.29, 1.82) is 0 Å². The van der Waals surface area contributed by atoms with Gasteiger partial charge in [0.05, 0.1) is 17.7 Å². The third kappa shape index (κ3) is 4.67. The molecule has 4 heteroatoms. The summed E-state index contributed by atoms with van der Waals surface area (Å²) in [4.78, 5) is 2.44. The van der Waals surface area contributed by atoms with Gasteiger partial charge in [-0.3, -0.25) is 0 Å².